The largest absolute Gasteiger partial charge is 0.344 e. The average Bonchev–Trinajstić information content (AvgIpc) is 2.88. The quantitative estimate of drug-likeness (QED) is 0.743. The lowest BCUT2D eigenvalue weighted by Crippen LogP contribution is -2.16. The summed E-state index contributed by atoms with van der Waals surface area (Å²) in [6.07, 6.45) is 2.07. The van der Waals surface area contributed by atoms with Gasteiger partial charge in [-0.05, 0) is 19.8 Å². The topological polar surface area (TPSA) is 67.8 Å². The van der Waals surface area contributed by atoms with Crippen LogP contribution in [0.15, 0.2) is 9.95 Å². The van der Waals surface area contributed by atoms with E-state index in [-0.39, 0.29) is 11.5 Å². The minimum atomic E-state index is -0.168. The molecule has 5 nitrogen and oxygen atoms in total. The first-order valence-corrected chi connectivity index (χ1v) is 5.46. The van der Waals surface area contributed by atoms with E-state index in [4.69, 9.17) is 0 Å². The van der Waals surface area contributed by atoms with Gasteiger partial charge in [-0.3, -0.25) is 9.36 Å². The van der Waals surface area contributed by atoms with Crippen molar-refractivity contribution in [3.05, 3.63) is 10.5 Å². The van der Waals surface area contributed by atoms with E-state index in [0.29, 0.717) is 17.0 Å². The fraction of sp³-hybridized carbons (Fsp3) is 0.625. The number of carbonyl (C=O) groups excluding carboxylic acids is 1. The second-order valence-corrected chi connectivity index (χ2v) is 4.35. The van der Waals surface area contributed by atoms with Gasteiger partial charge in [0.05, 0.1) is 5.75 Å². The molecule has 0 spiro atoms. The number of hydrogen-bond donors (Lipinski definition) is 1. The molecule has 6 heteroatoms. The van der Waals surface area contributed by atoms with Crippen LogP contribution < -0.4 is 5.69 Å². The molecule has 0 amide bonds. The first kappa shape index (κ1) is 9.51. The van der Waals surface area contributed by atoms with Gasteiger partial charge in [0.25, 0.3) is 0 Å². The van der Waals surface area contributed by atoms with Crippen LogP contribution in [0.1, 0.15) is 25.8 Å². The van der Waals surface area contributed by atoms with Crippen LogP contribution in [0.3, 0.4) is 0 Å². The number of carbonyl (C=O) groups is 1. The maximum absolute atomic E-state index is 11.3. The van der Waals surface area contributed by atoms with Crippen LogP contribution in [-0.4, -0.2) is 26.3 Å². The Labute approximate surface area is 84.9 Å². The third-order valence-corrected chi connectivity index (χ3v) is 3.09. The number of H-pyrrole nitrogens is 1. The molecular weight excluding hydrogens is 202 g/mol. The average molecular weight is 213 g/mol. The van der Waals surface area contributed by atoms with Crippen LogP contribution in [-0.2, 0) is 4.79 Å². The third kappa shape index (κ3) is 1.89. The molecule has 0 saturated heterocycles. The highest BCUT2D eigenvalue weighted by Crippen LogP contribution is 2.35. The standard InChI is InChI=1S/C8H11N3O2S/c1-5(12)4-14-8-10-9-7(13)11(8)6-2-3-6/h6H,2-4H2,1H3,(H,9,13). The van der Waals surface area contributed by atoms with Crippen molar-refractivity contribution in [2.24, 2.45) is 0 Å². The van der Waals surface area contributed by atoms with Crippen LogP contribution in [0.25, 0.3) is 0 Å². The van der Waals surface area contributed by atoms with E-state index in [9.17, 15) is 9.59 Å². The van der Waals surface area contributed by atoms with Gasteiger partial charge >= 0.3 is 5.69 Å². The van der Waals surface area contributed by atoms with Crippen molar-refractivity contribution in [3.63, 3.8) is 0 Å². The summed E-state index contributed by atoms with van der Waals surface area (Å²) in [5, 5.41) is 6.92. The number of aromatic amines is 1. The van der Waals surface area contributed by atoms with Gasteiger partial charge in [0, 0.05) is 6.04 Å². The monoisotopic (exact) mass is 213 g/mol. The molecule has 76 valence electrons. The smallest absolute Gasteiger partial charge is 0.299 e. The molecule has 1 N–H and O–H groups in total. The molecule has 0 unspecified atom stereocenters. The molecule has 1 aromatic rings. The zero-order valence-electron chi connectivity index (χ0n) is 7.82. The lowest BCUT2D eigenvalue weighted by molar-refractivity contribution is -0.114. The van der Waals surface area contributed by atoms with Crippen LogP contribution in [0, 0.1) is 0 Å². The van der Waals surface area contributed by atoms with E-state index < -0.39 is 0 Å². The first-order valence-electron chi connectivity index (χ1n) is 4.47. The summed E-state index contributed by atoms with van der Waals surface area (Å²) in [5.74, 6) is 0.463. The van der Waals surface area contributed by atoms with Gasteiger partial charge in [-0.25, -0.2) is 9.89 Å². The van der Waals surface area contributed by atoms with Crippen molar-refractivity contribution in [1.82, 2.24) is 14.8 Å². The Bertz CT molecular complexity index is 405. The molecule has 0 bridgehead atoms. The Morgan fingerprint density at radius 1 is 1.71 bits per heavy atom. The minimum Gasteiger partial charge on any atom is -0.299 e. The Morgan fingerprint density at radius 3 is 3.00 bits per heavy atom. The normalized spacial score (nSPS) is 15.8. The van der Waals surface area contributed by atoms with Crippen molar-refractivity contribution < 1.29 is 4.79 Å². The molecule has 1 aliphatic carbocycles. The van der Waals surface area contributed by atoms with Gasteiger partial charge in [0.2, 0.25) is 0 Å². The van der Waals surface area contributed by atoms with E-state index in [1.807, 2.05) is 0 Å². The van der Waals surface area contributed by atoms with E-state index in [1.165, 1.54) is 18.7 Å². The Hall–Kier alpha value is -1.04. The maximum Gasteiger partial charge on any atom is 0.344 e. The highest BCUT2D eigenvalue weighted by molar-refractivity contribution is 7.99. The van der Waals surface area contributed by atoms with E-state index in [1.54, 1.807) is 4.57 Å². The molecule has 1 saturated carbocycles. The summed E-state index contributed by atoms with van der Waals surface area (Å²) >= 11 is 1.32. The highest BCUT2D eigenvalue weighted by Gasteiger charge is 2.28. The van der Waals surface area contributed by atoms with Gasteiger partial charge < -0.3 is 0 Å². The number of nitrogens with zero attached hydrogens (tertiary/aromatic N) is 2. The first-order chi connectivity index (χ1) is 6.68. The predicted molar refractivity (Wildman–Crippen MR) is 52.5 cm³/mol. The van der Waals surface area contributed by atoms with Crippen molar-refractivity contribution in [3.8, 4) is 0 Å². The van der Waals surface area contributed by atoms with E-state index in [0.717, 1.165) is 12.8 Å². The fourth-order valence-electron chi connectivity index (χ4n) is 1.21. The molecule has 0 aliphatic heterocycles. The number of Topliss-reactive ketones (excluding diaryl/α,β-unsaturated/α-hetero) is 1. The molecular formula is C8H11N3O2S. The number of thioether (sulfide) groups is 1. The molecule has 14 heavy (non-hydrogen) atoms. The summed E-state index contributed by atoms with van der Waals surface area (Å²) < 4.78 is 1.65. The summed E-state index contributed by atoms with van der Waals surface area (Å²) in [7, 11) is 0. The van der Waals surface area contributed by atoms with Crippen molar-refractivity contribution in [2.75, 3.05) is 5.75 Å². The van der Waals surface area contributed by atoms with Gasteiger partial charge in [0.15, 0.2) is 5.16 Å². The highest BCUT2D eigenvalue weighted by atomic mass is 32.2. The number of aromatic nitrogens is 3. The Morgan fingerprint density at radius 2 is 2.43 bits per heavy atom. The molecule has 0 atom stereocenters. The molecule has 1 aromatic heterocycles. The Kier molecular flexibility index (Phi) is 2.45. The van der Waals surface area contributed by atoms with Crippen molar-refractivity contribution >= 4 is 17.5 Å². The number of rotatable bonds is 4. The van der Waals surface area contributed by atoms with Gasteiger partial charge in [-0.1, -0.05) is 11.8 Å². The van der Waals surface area contributed by atoms with Gasteiger partial charge in [0.1, 0.15) is 5.78 Å². The van der Waals surface area contributed by atoms with Crippen LogP contribution >= 0.6 is 11.8 Å². The summed E-state index contributed by atoms with van der Waals surface area (Å²) in [5.41, 5.74) is -0.168. The van der Waals surface area contributed by atoms with Crippen molar-refractivity contribution in [1.29, 1.82) is 0 Å². The van der Waals surface area contributed by atoms with Gasteiger partial charge in [-0.2, -0.15) is 0 Å². The van der Waals surface area contributed by atoms with Crippen LogP contribution in [0.4, 0.5) is 0 Å². The predicted octanol–water partition coefficient (Wildman–Crippen LogP) is 0.587. The zero-order valence-corrected chi connectivity index (χ0v) is 8.63. The molecule has 0 radical (unpaired) electrons. The Balaban J connectivity index is 2.16. The maximum atomic E-state index is 11.3. The molecule has 1 aliphatic rings. The minimum absolute atomic E-state index is 0.0906. The summed E-state index contributed by atoms with van der Waals surface area (Å²) in [6, 6.07) is 0.302. The van der Waals surface area contributed by atoms with Gasteiger partial charge in [-0.15, -0.1) is 5.10 Å². The van der Waals surface area contributed by atoms with Crippen LogP contribution in [0.2, 0.25) is 0 Å². The fourth-order valence-corrected chi connectivity index (χ4v) is 2.03. The molecule has 1 fully saturated rings. The van der Waals surface area contributed by atoms with E-state index in [2.05, 4.69) is 10.2 Å². The van der Waals surface area contributed by atoms with E-state index >= 15 is 0 Å². The second-order valence-electron chi connectivity index (χ2n) is 3.40. The molecule has 2 rings (SSSR count). The summed E-state index contributed by atoms with van der Waals surface area (Å²) in [4.78, 5) is 22.1. The SMILES string of the molecule is CC(=O)CSc1n[nH]c(=O)n1C1CC1. The lowest BCUT2D eigenvalue weighted by Gasteiger charge is -2.00. The number of nitrogens with one attached hydrogen (secondary N) is 1. The zero-order chi connectivity index (χ0) is 10.1. The second kappa shape index (κ2) is 3.61. The number of ketones is 1. The third-order valence-electron chi connectivity index (χ3n) is 1.99. The summed E-state index contributed by atoms with van der Waals surface area (Å²) in [6.45, 7) is 1.53. The molecule has 0 aromatic carbocycles. The van der Waals surface area contributed by atoms with Crippen molar-refractivity contribution in [2.45, 2.75) is 31.0 Å². The number of hydrogen-bond acceptors (Lipinski definition) is 4. The lowest BCUT2D eigenvalue weighted by atomic mass is 10.5. The molecule has 1 heterocycles. The van der Waals surface area contributed by atoms with Crippen LogP contribution in [0.5, 0.6) is 0 Å².